The summed E-state index contributed by atoms with van der Waals surface area (Å²) in [6.07, 6.45) is 3.36. The maximum Gasteiger partial charge on any atom is 0.251 e. The van der Waals surface area contributed by atoms with E-state index in [4.69, 9.17) is 0 Å². The van der Waals surface area contributed by atoms with E-state index in [0.29, 0.717) is 24.3 Å². The number of amides is 2. The first kappa shape index (κ1) is 17.0. The average Bonchev–Trinajstić information content (AvgIpc) is 2.53. The Hall–Kier alpha value is -2.35. The van der Waals surface area contributed by atoms with Gasteiger partial charge in [-0.25, -0.2) is 0 Å². The second kappa shape index (κ2) is 7.28. The summed E-state index contributed by atoms with van der Waals surface area (Å²) in [6.45, 7) is 3.82. The average molecular weight is 313 g/mol. The second-order valence-corrected chi connectivity index (χ2v) is 6.44. The Labute approximate surface area is 137 Å². The summed E-state index contributed by atoms with van der Waals surface area (Å²) in [5, 5.41) is 14.9. The third kappa shape index (κ3) is 4.32. The first-order valence-electron chi connectivity index (χ1n) is 8.02. The zero-order valence-corrected chi connectivity index (χ0v) is 13.7. The third-order valence-corrected chi connectivity index (χ3v) is 4.39. The molecule has 1 saturated carbocycles. The van der Waals surface area contributed by atoms with E-state index >= 15 is 0 Å². The van der Waals surface area contributed by atoms with Crippen LogP contribution in [-0.4, -0.2) is 23.9 Å². The number of hydrogen-bond acceptors (Lipinski definition) is 3. The van der Waals surface area contributed by atoms with Gasteiger partial charge < -0.3 is 10.6 Å². The minimum absolute atomic E-state index is 0.120. The fourth-order valence-corrected chi connectivity index (χ4v) is 3.19. The monoisotopic (exact) mass is 313 g/mol. The molecule has 1 fully saturated rings. The second-order valence-electron chi connectivity index (χ2n) is 6.44. The van der Waals surface area contributed by atoms with Crippen molar-refractivity contribution < 1.29 is 9.59 Å². The van der Waals surface area contributed by atoms with E-state index in [2.05, 4.69) is 23.6 Å². The molecule has 2 amide bonds. The summed E-state index contributed by atoms with van der Waals surface area (Å²) in [7, 11) is 0. The van der Waals surface area contributed by atoms with Crippen molar-refractivity contribution in [3.63, 3.8) is 0 Å². The predicted molar refractivity (Wildman–Crippen MR) is 87.6 cm³/mol. The van der Waals surface area contributed by atoms with Gasteiger partial charge in [-0.05, 0) is 43.7 Å². The van der Waals surface area contributed by atoms with Gasteiger partial charge >= 0.3 is 0 Å². The summed E-state index contributed by atoms with van der Waals surface area (Å²) < 4.78 is 0. The number of hydrogen-bond donors (Lipinski definition) is 2. The lowest BCUT2D eigenvalue weighted by Crippen LogP contribution is -2.52. The summed E-state index contributed by atoms with van der Waals surface area (Å²) in [5.74, 6) is -0.172. The number of carbonyl (C=O) groups excluding carboxylic acids is 2. The molecule has 5 nitrogen and oxygen atoms in total. The van der Waals surface area contributed by atoms with E-state index in [1.807, 2.05) is 19.1 Å². The van der Waals surface area contributed by atoms with Crippen LogP contribution in [0.1, 0.15) is 48.5 Å². The van der Waals surface area contributed by atoms with E-state index < -0.39 is 5.54 Å². The molecule has 0 saturated heterocycles. The maximum atomic E-state index is 12.1. The van der Waals surface area contributed by atoms with Gasteiger partial charge in [0.25, 0.3) is 5.91 Å². The highest BCUT2D eigenvalue weighted by Gasteiger charge is 2.36. The van der Waals surface area contributed by atoms with Crippen molar-refractivity contribution in [2.24, 2.45) is 5.92 Å². The van der Waals surface area contributed by atoms with E-state index in [1.165, 1.54) is 0 Å². The summed E-state index contributed by atoms with van der Waals surface area (Å²) in [6, 6.07) is 9.49. The summed E-state index contributed by atoms with van der Waals surface area (Å²) in [4.78, 5) is 24.2. The van der Waals surface area contributed by atoms with Gasteiger partial charge in [-0.3, -0.25) is 9.59 Å². The molecule has 1 aliphatic carbocycles. The lowest BCUT2D eigenvalue weighted by atomic mass is 9.77. The van der Waals surface area contributed by atoms with Crippen molar-refractivity contribution in [3.8, 4) is 6.07 Å². The number of nitrogens with zero attached hydrogens (tertiary/aromatic N) is 1. The fourth-order valence-electron chi connectivity index (χ4n) is 3.19. The van der Waals surface area contributed by atoms with E-state index in [-0.39, 0.29) is 18.4 Å². The van der Waals surface area contributed by atoms with Gasteiger partial charge in [0.15, 0.2) is 0 Å². The molecule has 1 aromatic carbocycles. The first-order valence-corrected chi connectivity index (χ1v) is 8.02. The van der Waals surface area contributed by atoms with Crippen LogP contribution < -0.4 is 10.6 Å². The minimum Gasteiger partial charge on any atom is -0.343 e. The zero-order valence-electron chi connectivity index (χ0n) is 13.7. The van der Waals surface area contributed by atoms with E-state index in [1.54, 1.807) is 12.1 Å². The maximum absolute atomic E-state index is 12.1. The molecule has 5 heteroatoms. The van der Waals surface area contributed by atoms with Crippen molar-refractivity contribution >= 4 is 11.8 Å². The molecule has 0 radical (unpaired) electrons. The highest BCUT2D eigenvalue weighted by Crippen LogP contribution is 2.31. The quantitative estimate of drug-likeness (QED) is 0.895. The number of benzene rings is 1. The molecule has 2 N–H and O–H groups in total. The molecule has 0 aliphatic heterocycles. The Bertz CT molecular complexity index is 635. The van der Waals surface area contributed by atoms with Crippen LogP contribution in [0, 0.1) is 24.2 Å². The molecule has 0 unspecified atom stereocenters. The van der Waals surface area contributed by atoms with Crippen molar-refractivity contribution in [1.29, 1.82) is 5.26 Å². The number of nitriles is 1. The topological polar surface area (TPSA) is 82.0 Å². The summed E-state index contributed by atoms with van der Waals surface area (Å²) >= 11 is 0. The molecule has 23 heavy (non-hydrogen) atoms. The van der Waals surface area contributed by atoms with Gasteiger partial charge in [0, 0.05) is 5.56 Å². The molecule has 0 aromatic heterocycles. The highest BCUT2D eigenvalue weighted by atomic mass is 16.2. The predicted octanol–water partition coefficient (Wildman–Crippen LogP) is 2.31. The fraction of sp³-hybridized carbons (Fsp3) is 0.500. The van der Waals surface area contributed by atoms with Crippen LogP contribution in [0.15, 0.2) is 24.3 Å². The molecule has 2 rings (SSSR count). The first-order chi connectivity index (χ1) is 11.0. The van der Waals surface area contributed by atoms with Gasteiger partial charge in [0.2, 0.25) is 5.91 Å². The van der Waals surface area contributed by atoms with Crippen LogP contribution >= 0.6 is 0 Å². The number of aryl methyl sites for hydroxylation is 1. The Morgan fingerprint density at radius 3 is 2.78 bits per heavy atom. The highest BCUT2D eigenvalue weighted by molar-refractivity contribution is 5.97. The molecule has 0 spiro atoms. The zero-order chi connectivity index (χ0) is 16.9. The molecule has 1 aromatic rings. The summed E-state index contributed by atoms with van der Waals surface area (Å²) in [5.41, 5.74) is 0.629. The van der Waals surface area contributed by atoms with Crippen LogP contribution in [0.2, 0.25) is 0 Å². The van der Waals surface area contributed by atoms with Crippen molar-refractivity contribution in [2.75, 3.05) is 6.54 Å². The van der Waals surface area contributed by atoms with Crippen LogP contribution in [0.25, 0.3) is 0 Å². The molecule has 0 bridgehead atoms. The van der Waals surface area contributed by atoms with Gasteiger partial charge in [-0.15, -0.1) is 0 Å². The van der Waals surface area contributed by atoms with Crippen LogP contribution in [0.4, 0.5) is 0 Å². The van der Waals surface area contributed by atoms with Crippen LogP contribution in [0.3, 0.4) is 0 Å². The SMILES string of the molecule is Cc1ccccc1C(=O)NCC(=O)N[C@]1(C#N)CCC[C@H](C)C1. The van der Waals surface area contributed by atoms with Gasteiger partial charge in [0.05, 0.1) is 12.6 Å². The Morgan fingerprint density at radius 2 is 2.13 bits per heavy atom. The Kier molecular flexibility index (Phi) is 5.38. The minimum atomic E-state index is -0.790. The van der Waals surface area contributed by atoms with Crippen LogP contribution in [0.5, 0.6) is 0 Å². The van der Waals surface area contributed by atoms with Crippen molar-refractivity contribution in [1.82, 2.24) is 10.6 Å². The third-order valence-electron chi connectivity index (χ3n) is 4.39. The normalized spacial score (nSPS) is 23.6. The van der Waals surface area contributed by atoms with Crippen molar-refractivity contribution in [2.45, 2.75) is 45.1 Å². The number of carbonyl (C=O) groups is 2. The molecular formula is C18H23N3O2. The molecular weight excluding hydrogens is 290 g/mol. The largest absolute Gasteiger partial charge is 0.343 e. The molecule has 122 valence electrons. The molecule has 0 heterocycles. The number of nitrogens with one attached hydrogen (secondary N) is 2. The lowest BCUT2D eigenvalue weighted by molar-refractivity contribution is -0.121. The van der Waals surface area contributed by atoms with Gasteiger partial charge in [-0.2, -0.15) is 5.26 Å². The molecule has 1 aliphatic rings. The standard InChI is InChI=1S/C18H23N3O2/c1-13-6-5-9-18(10-13,12-19)21-16(22)11-20-17(23)15-8-4-3-7-14(15)2/h3-4,7-8,13H,5-6,9-11H2,1-2H3,(H,20,23)(H,21,22)/t13-,18+/m0/s1. The van der Waals surface area contributed by atoms with E-state index in [9.17, 15) is 14.9 Å². The van der Waals surface area contributed by atoms with Crippen LogP contribution in [-0.2, 0) is 4.79 Å². The lowest BCUT2D eigenvalue weighted by Gasteiger charge is -2.35. The van der Waals surface area contributed by atoms with Crippen molar-refractivity contribution in [3.05, 3.63) is 35.4 Å². The van der Waals surface area contributed by atoms with E-state index in [0.717, 1.165) is 18.4 Å². The Morgan fingerprint density at radius 1 is 1.39 bits per heavy atom. The smallest absolute Gasteiger partial charge is 0.251 e. The Balaban J connectivity index is 1.91. The van der Waals surface area contributed by atoms with Gasteiger partial charge in [-0.1, -0.05) is 31.5 Å². The van der Waals surface area contributed by atoms with Gasteiger partial charge in [0.1, 0.15) is 5.54 Å². The molecule has 2 atom stereocenters. The number of rotatable bonds is 4.